The number of hydrogen-bond donors (Lipinski definition) is 1. The average molecular weight is 480 g/mol. The van der Waals surface area contributed by atoms with E-state index in [1.807, 2.05) is 0 Å². The molecule has 164 valence electrons. The van der Waals surface area contributed by atoms with Gasteiger partial charge in [-0.3, -0.25) is 4.79 Å². The Morgan fingerprint density at radius 2 is 1.67 bits per heavy atom. The summed E-state index contributed by atoms with van der Waals surface area (Å²) in [4.78, 5) is 26.9. The van der Waals surface area contributed by atoms with Crippen LogP contribution in [-0.2, 0) is 6.54 Å². The van der Waals surface area contributed by atoms with Gasteiger partial charge in [-0.25, -0.2) is 9.18 Å². The van der Waals surface area contributed by atoms with E-state index in [4.69, 9.17) is 16.0 Å². The largest absolute Gasteiger partial charge is 0.505 e. The number of nitrogens with zero attached hydrogens (tertiary/aromatic N) is 1. The number of benzene rings is 3. The Balaban J connectivity index is 1.76. The molecular weight excluding hydrogens is 465 g/mol. The van der Waals surface area contributed by atoms with Crippen LogP contribution >= 0.6 is 23.4 Å². The molecule has 0 aliphatic carbocycles. The zero-order chi connectivity index (χ0) is 23.1. The second-order valence-electron chi connectivity index (χ2n) is 7.36. The van der Waals surface area contributed by atoms with E-state index in [0.29, 0.717) is 26.4 Å². The molecule has 2 heterocycles. The number of rotatable bonds is 4. The summed E-state index contributed by atoms with van der Waals surface area (Å²) in [5.41, 5.74) is -0.0162. The average Bonchev–Trinajstić information content (AvgIpc) is 2.81. The van der Waals surface area contributed by atoms with Crippen LogP contribution < -0.4 is 11.2 Å². The van der Waals surface area contributed by atoms with Crippen LogP contribution in [0.1, 0.15) is 5.56 Å². The summed E-state index contributed by atoms with van der Waals surface area (Å²) in [6, 6.07) is 19.5. The maximum absolute atomic E-state index is 13.5. The van der Waals surface area contributed by atoms with Gasteiger partial charge in [0, 0.05) is 15.3 Å². The molecule has 8 heteroatoms. The molecule has 1 N–H and O–H groups in total. The Morgan fingerprint density at radius 1 is 0.970 bits per heavy atom. The van der Waals surface area contributed by atoms with Gasteiger partial charge in [-0.05, 0) is 54.1 Å². The molecule has 5 aromatic rings. The van der Waals surface area contributed by atoms with Crippen LogP contribution in [0.3, 0.4) is 0 Å². The van der Waals surface area contributed by atoms with Gasteiger partial charge in [0.1, 0.15) is 16.1 Å². The molecule has 0 bridgehead atoms. The molecule has 5 nitrogen and oxygen atoms in total. The van der Waals surface area contributed by atoms with Gasteiger partial charge in [0.15, 0.2) is 11.3 Å². The molecule has 0 spiro atoms. The van der Waals surface area contributed by atoms with Crippen LogP contribution in [0.15, 0.2) is 96.6 Å². The molecule has 2 aromatic heterocycles. The highest BCUT2D eigenvalue weighted by Crippen LogP contribution is 2.37. The highest BCUT2D eigenvalue weighted by atomic mass is 35.5. The van der Waals surface area contributed by atoms with Crippen LogP contribution in [0, 0.1) is 5.82 Å². The molecule has 0 radical (unpaired) electrons. The van der Waals surface area contributed by atoms with Crippen LogP contribution in [0.4, 0.5) is 4.39 Å². The van der Waals surface area contributed by atoms with E-state index in [9.17, 15) is 19.1 Å². The predicted octanol–water partition coefficient (Wildman–Crippen LogP) is 5.81. The van der Waals surface area contributed by atoms with Crippen molar-refractivity contribution in [3.63, 3.8) is 0 Å². The highest BCUT2D eigenvalue weighted by molar-refractivity contribution is 7.99. The lowest BCUT2D eigenvalue weighted by atomic mass is 10.1. The maximum Gasteiger partial charge on any atom is 0.354 e. The summed E-state index contributed by atoms with van der Waals surface area (Å²) in [5, 5.41) is 12.0. The van der Waals surface area contributed by atoms with Crippen molar-refractivity contribution < 1.29 is 13.9 Å². The van der Waals surface area contributed by atoms with E-state index in [0.717, 1.165) is 11.8 Å². The molecule has 0 amide bonds. The quantitative estimate of drug-likeness (QED) is 0.329. The van der Waals surface area contributed by atoms with E-state index in [2.05, 4.69) is 0 Å². The van der Waals surface area contributed by atoms with Crippen LogP contribution in [0.25, 0.3) is 21.9 Å². The van der Waals surface area contributed by atoms with Crippen molar-refractivity contribution in [2.24, 2.45) is 0 Å². The second kappa shape index (κ2) is 8.42. The van der Waals surface area contributed by atoms with E-state index in [1.54, 1.807) is 60.7 Å². The standard InChI is InChI=1S/C25H15ClFNO4S/c26-15-7-11-17(12-8-15)33-23-21(29)20-22(32-25(23)31)18-3-1-2-4-19(18)28(24(20)30)13-14-5-9-16(27)10-6-14/h1-12,29H,13H2. The van der Waals surface area contributed by atoms with Gasteiger partial charge in [-0.1, -0.05) is 47.6 Å². The number of hydrogen-bond acceptors (Lipinski definition) is 5. The Labute approximate surface area is 195 Å². The number of halogens is 2. The number of pyridine rings is 1. The van der Waals surface area contributed by atoms with Crippen molar-refractivity contribution in [2.45, 2.75) is 16.3 Å². The first-order chi connectivity index (χ1) is 15.9. The topological polar surface area (TPSA) is 72.4 Å². The monoisotopic (exact) mass is 479 g/mol. The lowest BCUT2D eigenvalue weighted by Gasteiger charge is -2.14. The molecular formula is C25H15ClFNO4S. The number of aromatic hydroxyl groups is 1. The minimum Gasteiger partial charge on any atom is -0.505 e. The molecule has 3 aromatic carbocycles. The van der Waals surface area contributed by atoms with Crippen molar-refractivity contribution in [3.8, 4) is 5.75 Å². The first kappa shape index (κ1) is 21.3. The fourth-order valence-corrected chi connectivity index (χ4v) is 4.64. The van der Waals surface area contributed by atoms with Gasteiger partial charge in [-0.15, -0.1) is 0 Å². The third kappa shape index (κ3) is 3.90. The molecule has 0 saturated carbocycles. The third-order valence-electron chi connectivity index (χ3n) is 5.25. The van der Waals surface area contributed by atoms with E-state index < -0.39 is 16.9 Å². The fraction of sp³-hybridized carbons (Fsp3) is 0.0400. The van der Waals surface area contributed by atoms with Gasteiger partial charge in [0.2, 0.25) is 0 Å². The van der Waals surface area contributed by atoms with Gasteiger partial charge in [0.05, 0.1) is 12.1 Å². The fourth-order valence-electron chi connectivity index (χ4n) is 3.68. The minimum absolute atomic E-state index is 0.0221. The van der Waals surface area contributed by atoms with Crippen molar-refractivity contribution in [2.75, 3.05) is 0 Å². The maximum atomic E-state index is 13.5. The number of para-hydroxylation sites is 1. The minimum atomic E-state index is -0.749. The van der Waals surface area contributed by atoms with Crippen molar-refractivity contribution in [3.05, 3.63) is 110 Å². The van der Waals surface area contributed by atoms with Gasteiger partial charge >= 0.3 is 5.63 Å². The smallest absolute Gasteiger partial charge is 0.354 e. The van der Waals surface area contributed by atoms with Crippen molar-refractivity contribution in [1.29, 1.82) is 0 Å². The lowest BCUT2D eigenvalue weighted by molar-refractivity contribution is 0.446. The summed E-state index contributed by atoms with van der Waals surface area (Å²) in [7, 11) is 0. The molecule has 0 saturated heterocycles. The summed E-state index contributed by atoms with van der Waals surface area (Å²) >= 11 is 6.91. The van der Waals surface area contributed by atoms with E-state index in [1.165, 1.54) is 16.7 Å². The Kier molecular flexibility index (Phi) is 5.44. The van der Waals surface area contributed by atoms with Gasteiger partial charge < -0.3 is 14.1 Å². The second-order valence-corrected chi connectivity index (χ2v) is 8.88. The Morgan fingerprint density at radius 3 is 2.39 bits per heavy atom. The SMILES string of the molecule is O=c1oc2c(c(O)c1Sc1ccc(Cl)cc1)c(=O)n(Cc1ccc(F)cc1)c1ccccc21. The normalized spacial score (nSPS) is 11.3. The number of fused-ring (bicyclic) bond motifs is 3. The molecule has 0 aliphatic rings. The number of aromatic nitrogens is 1. The molecule has 5 rings (SSSR count). The molecule has 0 fully saturated rings. The highest BCUT2D eigenvalue weighted by Gasteiger charge is 2.22. The molecule has 0 aliphatic heterocycles. The van der Waals surface area contributed by atoms with Crippen LogP contribution in [-0.4, -0.2) is 9.67 Å². The summed E-state index contributed by atoms with van der Waals surface area (Å²) in [6.07, 6.45) is 0. The molecule has 33 heavy (non-hydrogen) atoms. The van der Waals surface area contributed by atoms with Crippen molar-refractivity contribution in [1.82, 2.24) is 4.57 Å². The van der Waals surface area contributed by atoms with E-state index in [-0.39, 0.29) is 28.2 Å². The Hall–Kier alpha value is -3.55. The summed E-state index contributed by atoms with van der Waals surface area (Å²) in [6.45, 7) is 0.147. The Bertz CT molecular complexity index is 1630. The molecule has 0 atom stereocenters. The first-order valence-corrected chi connectivity index (χ1v) is 11.1. The summed E-state index contributed by atoms with van der Waals surface area (Å²) < 4.78 is 20.4. The third-order valence-corrected chi connectivity index (χ3v) is 6.57. The summed E-state index contributed by atoms with van der Waals surface area (Å²) in [5.74, 6) is -0.817. The van der Waals surface area contributed by atoms with Crippen LogP contribution in [0.2, 0.25) is 5.02 Å². The first-order valence-electron chi connectivity index (χ1n) is 9.91. The van der Waals surface area contributed by atoms with Gasteiger partial charge in [-0.2, -0.15) is 0 Å². The zero-order valence-electron chi connectivity index (χ0n) is 16.9. The lowest BCUT2D eigenvalue weighted by Crippen LogP contribution is -2.22. The predicted molar refractivity (Wildman–Crippen MR) is 127 cm³/mol. The van der Waals surface area contributed by atoms with E-state index >= 15 is 0 Å². The zero-order valence-corrected chi connectivity index (χ0v) is 18.5. The van der Waals surface area contributed by atoms with Crippen molar-refractivity contribution >= 4 is 45.2 Å². The van der Waals surface area contributed by atoms with Crippen LogP contribution in [0.5, 0.6) is 5.75 Å². The molecule has 0 unspecified atom stereocenters. The van der Waals surface area contributed by atoms with Gasteiger partial charge in [0.25, 0.3) is 5.56 Å².